The van der Waals surface area contributed by atoms with Gasteiger partial charge in [-0.3, -0.25) is 19.8 Å². The fourth-order valence-electron chi connectivity index (χ4n) is 5.14. The lowest BCUT2D eigenvalue weighted by atomic mass is 10.0. The molecule has 0 saturated carbocycles. The minimum atomic E-state index is 0.112. The van der Waals surface area contributed by atoms with E-state index in [1.54, 1.807) is 0 Å². The summed E-state index contributed by atoms with van der Waals surface area (Å²) < 4.78 is 0. The third kappa shape index (κ3) is 7.33. The summed E-state index contributed by atoms with van der Waals surface area (Å²) in [5, 5.41) is 7.51. The first-order chi connectivity index (χ1) is 18.9. The summed E-state index contributed by atoms with van der Waals surface area (Å²) in [4.78, 5) is 14.4. The molecule has 2 aromatic carbocycles. The van der Waals surface area contributed by atoms with Crippen molar-refractivity contribution in [1.82, 2.24) is 30.4 Å². The summed E-state index contributed by atoms with van der Waals surface area (Å²) in [5.41, 5.74) is 4.64. The van der Waals surface area contributed by atoms with Crippen molar-refractivity contribution in [3.63, 3.8) is 0 Å². The lowest BCUT2D eigenvalue weighted by Crippen LogP contribution is -2.49. The highest BCUT2D eigenvalue weighted by Gasteiger charge is 2.20. The Hall–Kier alpha value is -3.42. The van der Waals surface area contributed by atoms with E-state index >= 15 is 0 Å². The van der Waals surface area contributed by atoms with Crippen LogP contribution in [0.3, 0.4) is 0 Å². The van der Waals surface area contributed by atoms with Crippen molar-refractivity contribution in [3.05, 3.63) is 132 Å². The number of pyridine rings is 2. The molecule has 0 radical (unpaired) electrons. The Morgan fingerprint density at radius 1 is 0.526 bits per heavy atom. The van der Waals surface area contributed by atoms with Crippen molar-refractivity contribution in [2.75, 3.05) is 52.4 Å². The van der Waals surface area contributed by atoms with Crippen LogP contribution in [0, 0.1) is 0 Å². The highest BCUT2D eigenvalue weighted by molar-refractivity contribution is 5.28. The zero-order chi connectivity index (χ0) is 25.8. The van der Waals surface area contributed by atoms with E-state index in [2.05, 4.69) is 115 Å². The third-order valence-corrected chi connectivity index (χ3v) is 7.25. The maximum Gasteiger partial charge on any atom is 0.0751 e. The predicted octanol–water partition coefficient (Wildman–Crippen LogP) is 4.15. The van der Waals surface area contributed by atoms with Gasteiger partial charge in [0.2, 0.25) is 0 Å². The molecule has 3 heterocycles. The van der Waals surface area contributed by atoms with Gasteiger partial charge in [0.05, 0.1) is 23.5 Å². The topological polar surface area (TPSA) is 56.3 Å². The first kappa shape index (κ1) is 26.2. The fourth-order valence-corrected chi connectivity index (χ4v) is 5.14. The molecule has 0 spiro atoms. The number of hydrogen-bond acceptors (Lipinski definition) is 6. The first-order valence-corrected chi connectivity index (χ1v) is 13.7. The van der Waals surface area contributed by atoms with E-state index < -0.39 is 0 Å². The van der Waals surface area contributed by atoms with E-state index in [-0.39, 0.29) is 12.1 Å². The van der Waals surface area contributed by atoms with Crippen LogP contribution in [0.5, 0.6) is 0 Å². The number of nitrogens with one attached hydrogen (secondary N) is 2. The largest absolute Gasteiger partial charge is 0.304 e. The molecular formula is C32H38N6. The van der Waals surface area contributed by atoms with Crippen molar-refractivity contribution in [2.45, 2.75) is 12.1 Å². The Bertz CT molecular complexity index is 1010. The van der Waals surface area contributed by atoms with Crippen LogP contribution in [0.15, 0.2) is 109 Å². The second kappa shape index (κ2) is 13.9. The molecule has 1 aliphatic rings. The normalized spacial score (nSPS) is 16.2. The molecule has 2 unspecified atom stereocenters. The van der Waals surface area contributed by atoms with Crippen molar-refractivity contribution < 1.29 is 0 Å². The third-order valence-electron chi connectivity index (χ3n) is 7.25. The zero-order valence-electron chi connectivity index (χ0n) is 22.0. The van der Waals surface area contributed by atoms with Gasteiger partial charge in [0.15, 0.2) is 0 Å². The average Bonchev–Trinajstić information content (AvgIpc) is 3.00. The number of nitrogens with zero attached hydrogens (tertiary/aromatic N) is 4. The standard InChI is InChI=1S/C32H38N6/c1-3-11-27(12-4-1)31(29-15-7-9-17-33-29)35-19-21-37-23-25-38(26-24-37)22-20-36-32(28-13-5-2-6-14-28)30-16-8-10-18-34-30/h1-18,31-32,35-36H,19-26H2. The molecule has 6 nitrogen and oxygen atoms in total. The SMILES string of the molecule is c1ccc(C(NCCN2CCN(CCNC(c3ccccc3)c3ccccn3)CC2)c2ccccn2)cc1. The van der Waals surface area contributed by atoms with Gasteiger partial charge in [-0.2, -0.15) is 0 Å². The van der Waals surface area contributed by atoms with Gasteiger partial charge in [-0.05, 0) is 35.4 Å². The molecule has 1 saturated heterocycles. The number of aromatic nitrogens is 2. The van der Waals surface area contributed by atoms with Crippen molar-refractivity contribution in [2.24, 2.45) is 0 Å². The summed E-state index contributed by atoms with van der Waals surface area (Å²) in [5.74, 6) is 0. The van der Waals surface area contributed by atoms with Crippen molar-refractivity contribution in [3.8, 4) is 0 Å². The zero-order valence-corrected chi connectivity index (χ0v) is 22.0. The Balaban J connectivity index is 1.07. The lowest BCUT2D eigenvalue weighted by Gasteiger charge is -2.35. The van der Waals surface area contributed by atoms with Gasteiger partial charge >= 0.3 is 0 Å². The van der Waals surface area contributed by atoms with Gasteiger partial charge in [0.25, 0.3) is 0 Å². The summed E-state index contributed by atoms with van der Waals surface area (Å²) in [6.07, 6.45) is 3.75. The number of benzene rings is 2. The van der Waals surface area contributed by atoms with Gasteiger partial charge in [-0.1, -0.05) is 72.8 Å². The molecule has 0 bridgehead atoms. The lowest BCUT2D eigenvalue weighted by molar-refractivity contribution is 0.132. The van der Waals surface area contributed by atoms with E-state index in [1.165, 1.54) is 11.1 Å². The van der Waals surface area contributed by atoms with Gasteiger partial charge in [-0.15, -0.1) is 0 Å². The van der Waals surface area contributed by atoms with E-state index in [9.17, 15) is 0 Å². The van der Waals surface area contributed by atoms with Crippen LogP contribution in [-0.2, 0) is 0 Å². The summed E-state index contributed by atoms with van der Waals surface area (Å²) in [6, 6.07) is 33.7. The fraction of sp³-hybridized carbons (Fsp3) is 0.312. The van der Waals surface area contributed by atoms with E-state index in [0.29, 0.717) is 0 Å². The maximum absolute atomic E-state index is 4.62. The van der Waals surface area contributed by atoms with Crippen LogP contribution in [0.4, 0.5) is 0 Å². The molecule has 38 heavy (non-hydrogen) atoms. The van der Waals surface area contributed by atoms with Crippen LogP contribution in [0.1, 0.15) is 34.6 Å². The molecule has 0 aliphatic carbocycles. The summed E-state index contributed by atoms with van der Waals surface area (Å²) >= 11 is 0. The molecule has 2 aromatic heterocycles. The van der Waals surface area contributed by atoms with Crippen molar-refractivity contribution in [1.29, 1.82) is 0 Å². The van der Waals surface area contributed by atoms with E-state index in [1.807, 2.05) is 24.5 Å². The maximum atomic E-state index is 4.62. The Labute approximate surface area is 226 Å². The molecule has 196 valence electrons. The molecule has 0 amide bonds. The smallest absolute Gasteiger partial charge is 0.0751 e. The molecule has 1 aliphatic heterocycles. The molecular weight excluding hydrogens is 468 g/mol. The van der Waals surface area contributed by atoms with Gasteiger partial charge in [0.1, 0.15) is 0 Å². The van der Waals surface area contributed by atoms with E-state index in [0.717, 1.165) is 63.7 Å². The van der Waals surface area contributed by atoms with Gasteiger partial charge < -0.3 is 10.6 Å². The van der Waals surface area contributed by atoms with Crippen molar-refractivity contribution >= 4 is 0 Å². The summed E-state index contributed by atoms with van der Waals surface area (Å²) in [7, 11) is 0. The molecule has 6 heteroatoms. The van der Waals surface area contributed by atoms with Gasteiger partial charge in [0, 0.05) is 64.8 Å². The molecule has 2 atom stereocenters. The summed E-state index contributed by atoms with van der Waals surface area (Å²) in [6.45, 7) is 8.34. The minimum Gasteiger partial charge on any atom is -0.304 e. The van der Waals surface area contributed by atoms with Crippen LogP contribution in [0.2, 0.25) is 0 Å². The monoisotopic (exact) mass is 506 g/mol. The molecule has 1 fully saturated rings. The quantitative estimate of drug-likeness (QED) is 0.301. The Morgan fingerprint density at radius 3 is 1.29 bits per heavy atom. The highest BCUT2D eigenvalue weighted by Crippen LogP contribution is 2.21. The second-order valence-corrected chi connectivity index (χ2v) is 9.79. The number of piperazine rings is 1. The Kier molecular flexibility index (Phi) is 9.61. The first-order valence-electron chi connectivity index (χ1n) is 13.7. The van der Waals surface area contributed by atoms with Crippen LogP contribution in [0.25, 0.3) is 0 Å². The van der Waals surface area contributed by atoms with E-state index in [4.69, 9.17) is 0 Å². The molecule has 5 rings (SSSR count). The van der Waals surface area contributed by atoms with Crippen LogP contribution >= 0.6 is 0 Å². The average molecular weight is 507 g/mol. The second-order valence-electron chi connectivity index (χ2n) is 9.79. The number of rotatable bonds is 12. The number of hydrogen-bond donors (Lipinski definition) is 2. The Morgan fingerprint density at radius 2 is 0.921 bits per heavy atom. The predicted molar refractivity (Wildman–Crippen MR) is 154 cm³/mol. The minimum absolute atomic E-state index is 0.112. The van der Waals surface area contributed by atoms with Gasteiger partial charge in [-0.25, -0.2) is 0 Å². The molecule has 2 N–H and O–H groups in total. The highest BCUT2D eigenvalue weighted by atomic mass is 15.3. The van der Waals surface area contributed by atoms with Crippen LogP contribution < -0.4 is 10.6 Å². The molecule has 4 aromatic rings. The van der Waals surface area contributed by atoms with Crippen LogP contribution in [-0.4, -0.2) is 72.1 Å².